The molecule has 10 heteroatoms. The molecule has 0 spiro atoms. The summed E-state index contributed by atoms with van der Waals surface area (Å²) in [4.78, 5) is 31.8. The standard InChI is InChI=1S/C25H27FN4O5/c1-4-17-20-22(31)18(25(32)33)12-29(10-13-5-6-16(34-2)8-19(13)35-3)23(20)28-24(21(17)26)30-11-14-7-15(30)9-27-14/h5-6,8,12,14-15,27H,4,7,9-11H2,1-3H3,(H,32,33)/t14-,15-/m0/s1. The summed E-state index contributed by atoms with van der Waals surface area (Å²) in [5.74, 6) is -0.576. The fraction of sp³-hybridized carbons (Fsp3) is 0.400. The number of carboxylic acids is 1. The third-order valence-corrected chi connectivity index (χ3v) is 6.97. The number of carboxylic acid groups (broad SMARTS) is 1. The third-order valence-electron chi connectivity index (χ3n) is 6.97. The Balaban J connectivity index is 1.75. The number of carbonyl (C=O) groups is 1. The molecule has 2 fully saturated rings. The lowest BCUT2D eigenvalue weighted by Gasteiger charge is -2.30. The van der Waals surface area contributed by atoms with Crippen molar-refractivity contribution in [2.45, 2.75) is 38.4 Å². The minimum absolute atomic E-state index is 0.00334. The van der Waals surface area contributed by atoms with E-state index >= 15 is 4.39 Å². The largest absolute Gasteiger partial charge is 0.497 e. The van der Waals surface area contributed by atoms with Gasteiger partial charge in [-0.15, -0.1) is 0 Å². The van der Waals surface area contributed by atoms with Gasteiger partial charge < -0.3 is 29.4 Å². The smallest absolute Gasteiger partial charge is 0.341 e. The molecule has 0 radical (unpaired) electrons. The molecule has 2 bridgehead atoms. The van der Waals surface area contributed by atoms with Gasteiger partial charge in [0.25, 0.3) is 0 Å². The number of benzene rings is 1. The van der Waals surface area contributed by atoms with E-state index in [-0.39, 0.29) is 47.5 Å². The van der Waals surface area contributed by atoms with Gasteiger partial charge in [0, 0.05) is 48.6 Å². The Labute approximate surface area is 201 Å². The summed E-state index contributed by atoms with van der Waals surface area (Å²) in [5, 5.41) is 13.1. The van der Waals surface area contributed by atoms with E-state index in [1.807, 2.05) is 4.90 Å². The summed E-state index contributed by atoms with van der Waals surface area (Å²) in [6.45, 7) is 3.30. The van der Waals surface area contributed by atoms with Gasteiger partial charge in [0.2, 0.25) is 5.43 Å². The Kier molecular flexibility index (Phi) is 5.84. The highest BCUT2D eigenvalue weighted by Gasteiger charge is 2.40. The first-order valence-corrected chi connectivity index (χ1v) is 11.6. The second-order valence-electron chi connectivity index (χ2n) is 8.91. The number of nitrogens with one attached hydrogen (secondary N) is 1. The highest BCUT2D eigenvalue weighted by molar-refractivity contribution is 5.93. The molecule has 35 heavy (non-hydrogen) atoms. The summed E-state index contributed by atoms with van der Waals surface area (Å²) in [6.07, 6.45) is 2.42. The van der Waals surface area contributed by atoms with Gasteiger partial charge in [-0.05, 0) is 25.0 Å². The van der Waals surface area contributed by atoms with Crippen LogP contribution >= 0.6 is 0 Å². The van der Waals surface area contributed by atoms with Crippen LogP contribution in [0, 0.1) is 5.82 Å². The van der Waals surface area contributed by atoms with E-state index in [0.29, 0.717) is 18.0 Å². The van der Waals surface area contributed by atoms with Gasteiger partial charge in [-0.2, -0.15) is 0 Å². The first kappa shape index (κ1) is 23.1. The number of ether oxygens (including phenoxy) is 2. The quantitative estimate of drug-likeness (QED) is 0.529. The predicted molar refractivity (Wildman–Crippen MR) is 128 cm³/mol. The number of hydrogen-bond acceptors (Lipinski definition) is 7. The molecule has 5 rings (SSSR count). The Morgan fingerprint density at radius 1 is 1.31 bits per heavy atom. The minimum atomic E-state index is -1.37. The number of rotatable bonds is 7. The van der Waals surface area contributed by atoms with Crippen LogP contribution in [-0.4, -0.2) is 60.0 Å². The lowest BCUT2D eigenvalue weighted by atomic mass is 10.0. The molecule has 2 saturated heterocycles. The molecule has 0 aliphatic carbocycles. The highest BCUT2D eigenvalue weighted by Crippen LogP contribution is 2.34. The normalized spacial score (nSPS) is 18.9. The van der Waals surface area contributed by atoms with E-state index in [4.69, 9.17) is 9.47 Å². The first-order chi connectivity index (χ1) is 16.9. The van der Waals surface area contributed by atoms with E-state index in [0.717, 1.165) is 18.5 Å². The molecule has 0 saturated carbocycles. The Bertz CT molecular complexity index is 1390. The fourth-order valence-corrected chi connectivity index (χ4v) is 5.22. The number of piperazine rings is 1. The van der Waals surface area contributed by atoms with Gasteiger partial charge in [0.05, 0.1) is 26.2 Å². The van der Waals surface area contributed by atoms with E-state index in [2.05, 4.69) is 10.3 Å². The summed E-state index contributed by atoms with van der Waals surface area (Å²) < 4.78 is 28.2. The third kappa shape index (κ3) is 3.78. The molecule has 4 heterocycles. The molecular formula is C25H27FN4O5. The maximum atomic E-state index is 15.8. The molecule has 1 aromatic carbocycles. The zero-order valence-electron chi connectivity index (χ0n) is 19.8. The van der Waals surface area contributed by atoms with E-state index in [1.165, 1.54) is 13.3 Å². The zero-order valence-corrected chi connectivity index (χ0v) is 19.8. The second kappa shape index (κ2) is 8.84. The topological polar surface area (TPSA) is 106 Å². The molecule has 0 unspecified atom stereocenters. The van der Waals surface area contributed by atoms with Crippen LogP contribution in [0.1, 0.15) is 34.8 Å². The fourth-order valence-electron chi connectivity index (χ4n) is 5.22. The number of aryl methyl sites for hydroxylation is 1. The molecule has 2 aliphatic heterocycles. The van der Waals surface area contributed by atoms with Crippen LogP contribution in [0.4, 0.5) is 10.2 Å². The zero-order chi connectivity index (χ0) is 24.9. The molecule has 9 nitrogen and oxygen atoms in total. The number of anilines is 1. The van der Waals surface area contributed by atoms with Crippen molar-refractivity contribution in [1.29, 1.82) is 0 Å². The van der Waals surface area contributed by atoms with Crippen LogP contribution in [-0.2, 0) is 13.0 Å². The maximum Gasteiger partial charge on any atom is 0.341 e. The molecular weight excluding hydrogens is 455 g/mol. The van der Waals surface area contributed by atoms with Gasteiger partial charge >= 0.3 is 5.97 Å². The summed E-state index contributed by atoms with van der Waals surface area (Å²) >= 11 is 0. The van der Waals surface area contributed by atoms with Gasteiger partial charge in [-0.1, -0.05) is 6.92 Å². The van der Waals surface area contributed by atoms with E-state index in [9.17, 15) is 14.7 Å². The van der Waals surface area contributed by atoms with Crippen molar-refractivity contribution in [3.05, 3.63) is 57.1 Å². The van der Waals surface area contributed by atoms with Crippen LogP contribution in [0.2, 0.25) is 0 Å². The van der Waals surface area contributed by atoms with Crippen LogP contribution < -0.4 is 25.1 Å². The Morgan fingerprint density at radius 3 is 2.71 bits per heavy atom. The van der Waals surface area contributed by atoms with Gasteiger partial charge in [0.1, 0.15) is 22.7 Å². The van der Waals surface area contributed by atoms with Crippen molar-refractivity contribution in [3.63, 3.8) is 0 Å². The van der Waals surface area contributed by atoms with E-state index in [1.54, 1.807) is 36.8 Å². The number of nitrogens with zero attached hydrogens (tertiary/aromatic N) is 3. The average Bonchev–Trinajstić information content (AvgIpc) is 3.49. The first-order valence-electron chi connectivity index (χ1n) is 11.6. The van der Waals surface area contributed by atoms with Crippen molar-refractivity contribution in [3.8, 4) is 11.5 Å². The summed E-state index contributed by atoms with van der Waals surface area (Å²) in [5.41, 5.74) is -0.00112. The number of aromatic nitrogens is 2. The van der Waals surface area contributed by atoms with Crippen molar-refractivity contribution in [1.82, 2.24) is 14.9 Å². The number of hydrogen-bond donors (Lipinski definition) is 2. The molecule has 3 aromatic rings. The van der Waals surface area contributed by atoms with Gasteiger partial charge in [0.15, 0.2) is 11.6 Å². The van der Waals surface area contributed by atoms with Crippen LogP contribution in [0.15, 0.2) is 29.2 Å². The molecule has 2 atom stereocenters. The maximum absolute atomic E-state index is 15.8. The highest BCUT2D eigenvalue weighted by atomic mass is 19.1. The molecule has 2 N–H and O–H groups in total. The summed E-state index contributed by atoms with van der Waals surface area (Å²) in [6, 6.07) is 5.71. The van der Waals surface area contributed by atoms with Crippen LogP contribution in [0.25, 0.3) is 11.0 Å². The van der Waals surface area contributed by atoms with Crippen LogP contribution in [0.5, 0.6) is 11.5 Å². The van der Waals surface area contributed by atoms with Crippen molar-refractivity contribution in [2.24, 2.45) is 0 Å². The number of methoxy groups -OCH3 is 2. The van der Waals surface area contributed by atoms with Gasteiger partial charge in [-0.25, -0.2) is 14.2 Å². The minimum Gasteiger partial charge on any atom is -0.497 e. The Morgan fingerprint density at radius 2 is 2.11 bits per heavy atom. The molecule has 2 aliphatic rings. The number of aromatic carboxylic acids is 1. The van der Waals surface area contributed by atoms with Crippen LogP contribution in [0.3, 0.4) is 0 Å². The molecule has 184 valence electrons. The predicted octanol–water partition coefficient (Wildman–Crippen LogP) is 2.41. The van der Waals surface area contributed by atoms with Crippen molar-refractivity contribution >= 4 is 22.8 Å². The number of fused-ring (bicyclic) bond motifs is 3. The molecule has 2 aromatic heterocycles. The van der Waals surface area contributed by atoms with Gasteiger partial charge in [-0.3, -0.25) is 4.79 Å². The lowest BCUT2D eigenvalue weighted by Crippen LogP contribution is -2.44. The number of halogens is 1. The van der Waals surface area contributed by atoms with Crippen molar-refractivity contribution < 1.29 is 23.8 Å². The SMILES string of the molecule is CCc1c(F)c(N2C[C@@H]3C[C@H]2CN3)nc2c1c(=O)c(C(=O)O)cn2Cc1ccc(OC)cc1OC. The van der Waals surface area contributed by atoms with E-state index < -0.39 is 22.8 Å². The average molecular weight is 483 g/mol. The summed E-state index contributed by atoms with van der Waals surface area (Å²) in [7, 11) is 3.08. The number of pyridine rings is 2. The molecule has 0 amide bonds. The monoisotopic (exact) mass is 482 g/mol. The second-order valence-corrected chi connectivity index (χ2v) is 8.91. The lowest BCUT2D eigenvalue weighted by molar-refractivity contribution is 0.0695. The van der Waals surface area contributed by atoms with Crippen molar-refractivity contribution in [2.75, 3.05) is 32.2 Å². The Hall–Kier alpha value is -3.66.